The quantitative estimate of drug-likeness (QED) is 0.867. The second-order valence-electron chi connectivity index (χ2n) is 6.50. The number of hydrogen-bond donors (Lipinski definition) is 0. The van der Waals surface area contributed by atoms with Crippen LogP contribution in [0.3, 0.4) is 0 Å². The summed E-state index contributed by atoms with van der Waals surface area (Å²) in [5.41, 5.74) is 0.928. The van der Waals surface area contributed by atoms with Crippen LogP contribution in [0.25, 0.3) is 0 Å². The summed E-state index contributed by atoms with van der Waals surface area (Å²) in [7, 11) is 0. The molecule has 24 heavy (non-hydrogen) atoms. The summed E-state index contributed by atoms with van der Waals surface area (Å²) >= 11 is 0. The van der Waals surface area contributed by atoms with Crippen LogP contribution in [0.5, 0.6) is 5.75 Å². The number of rotatable bonds is 4. The SMILES string of the molecule is O=C([C@@H]1C[C@@H]1c1cccc(F)c1)N1CC[C@@H](Oc2ccncc2)C1. The number of pyridine rings is 1. The van der Waals surface area contributed by atoms with E-state index in [9.17, 15) is 9.18 Å². The second-order valence-corrected chi connectivity index (χ2v) is 6.50. The molecule has 2 aliphatic rings. The van der Waals surface area contributed by atoms with Crippen LogP contribution in [0.1, 0.15) is 24.3 Å². The van der Waals surface area contributed by atoms with E-state index in [0.29, 0.717) is 6.54 Å². The number of nitrogens with zero attached hydrogens (tertiary/aromatic N) is 2. The Morgan fingerprint density at radius 3 is 2.88 bits per heavy atom. The first-order valence-corrected chi connectivity index (χ1v) is 8.31. The average Bonchev–Trinajstić information content (AvgIpc) is 3.27. The Hall–Kier alpha value is -2.43. The third kappa shape index (κ3) is 3.11. The van der Waals surface area contributed by atoms with Gasteiger partial charge in [-0.15, -0.1) is 0 Å². The Morgan fingerprint density at radius 2 is 2.08 bits per heavy atom. The van der Waals surface area contributed by atoms with E-state index in [1.165, 1.54) is 12.1 Å². The third-order valence-electron chi connectivity index (χ3n) is 4.79. The summed E-state index contributed by atoms with van der Waals surface area (Å²) in [4.78, 5) is 18.5. The van der Waals surface area contributed by atoms with Crippen molar-refractivity contribution in [1.29, 1.82) is 0 Å². The maximum atomic E-state index is 13.3. The molecule has 1 aliphatic heterocycles. The molecule has 4 nitrogen and oxygen atoms in total. The van der Waals surface area contributed by atoms with Crippen molar-refractivity contribution >= 4 is 5.91 Å². The van der Waals surface area contributed by atoms with E-state index in [4.69, 9.17) is 4.74 Å². The first-order chi connectivity index (χ1) is 11.7. The lowest BCUT2D eigenvalue weighted by atomic mass is 10.1. The van der Waals surface area contributed by atoms with E-state index in [1.54, 1.807) is 18.5 Å². The predicted octanol–water partition coefficient (Wildman–Crippen LogP) is 3.00. The van der Waals surface area contributed by atoms with Gasteiger partial charge < -0.3 is 9.64 Å². The van der Waals surface area contributed by atoms with Crippen molar-refractivity contribution < 1.29 is 13.9 Å². The maximum Gasteiger partial charge on any atom is 0.226 e. The van der Waals surface area contributed by atoms with Gasteiger partial charge in [-0.3, -0.25) is 9.78 Å². The molecule has 0 radical (unpaired) electrons. The molecule has 1 saturated carbocycles. The second kappa shape index (κ2) is 6.23. The number of carbonyl (C=O) groups excluding carboxylic acids is 1. The van der Waals surface area contributed by atoms with Crippen LogP contribution < -0.4 is 4.74 Å². The van der Waals surface area contributed by atoms with Crippen molar-refractivity contribution in [3.8, 4) is 5.75 Å². The minimum atomic E-state index is -0.238. The normalized spacial score (nSPS) is 25.5. The smallest absolute Gasteiger partial charge is 0.226 e. The number of amides is 1. The van der Waals surface area contributed by atoms with Gasteiger partial charge in [0.05, 0.1) is 6.54 Å². The molecule has 2 aromatic rings. The molecule has 0 spiro atoms. The largest absolute Gasteiger partial charge is 0.488 e. The monoisotopic (exact) mass is 326 g/mol. The summed E-state index contributed by atoms with van der Waals surface area (Å²) < 4.78 is 19.2. The van der Waals surface area contributed by atoms with Gasteiger partial charge in [-0.1, -0.05) is 12.1 Å². The molecule has 3 atom stereocenters. The Morgan fingerprint density at radius 1 is 1.25 bits per heavy atom. The summed E-state index contributed by atoms with van der Waals surface area (Å²) in [5.74, 6) is 0.871. The molecule has 1 aliphatic carbocycles. The van der Waals surface area contributed by atoms with Crippen molar-refractivity contribution in [3.63, 3.8) is 0 Å². The van der Waals surface area contributed by atoms with E-state index in [0.717, 1.165) is 30.7 Å². The zero-order valence-corrected chi connectivity index (χ0v) is 13.3. The fourth-order valence-corrected chi connectivity index (χ4v) is 3.44. The van der Waals surface area contributed by atoms with Gasteiger partial charge in [0.15, 0.2) is 0 Å². The Bertz CT molecular complexity index is 737. The Balaban J connectivity index is 1.34. The van der Waals surface area contributed by atoms with Crippen LogP contribution in [-0.4, -0.2) is 35.0 Å². The highest BCUT2D eigenvalue weighted by Gasteiger charge is 2.47. The molecule has 0 bridgehead atoms. The molecule has 5 heteroatoms. The van der Waals surface area contributed by atoms with Crippen LogP contribution in [-0.2, 0) is 4.79 Å². The molecule has 4 rings (SSSR count). The molecule has 1 amide bonds. The van der Waals surface area contributed by atoms with Gasteiger partial charge in [0.1, 0.15) is 17.7 Å². The molecule has 0 N–H and O–H groups in total. The van der Waals surface area contributed by atoms with Crippen LogP contribution in [0.2, 0.25) is 0 Å². The summed E-state index contributed by atoms with van der Waals surface area (Å²) in [6.07, 6.45) is 5.07. The number of carbonyl (C=O) groups is 1. The van der Waals surface area contributed by atoms with Gasteiger partial charge in [0.2, 0.25) is 5.91 Å². The minimum absolute atomic E-state index is 0.00789. The first kappa shape index (κ1) is 15.1. The van der Waals surface area contributed by atoms with Crippen molar-refractivity contribution in [2.75, 3.05) is 13.1 Å². The molecule has 1 aromatic carbocycles. The number of benzene rings is 1. The predicted molar refractivity (Wildman–Crippen MR) is 87.1 cm³/mol. The lowest BCUT2D eigenvalue weighted by molar-refractivity contribution is -0.131. The molecular weight excluding hydrogens is 307 g/mol. The molecular formula is C19H19FN2O2. The van der Waals surface area contributed by atoms with Crippen LogP contribution >= 0.6 is 0 Å². The number of halogens is 1. The van der Waals surface area contributed by atoms with Crippen LogP contribution in [0.15, 0.2) is 48.8 Å². The zero-order valence-electron chi connectivity index (χ0n) is 13.3. The van der Waals surface area contributed by atoms with E-state index in [2.05, 4.69) is 4.98 Å². The van der Waals surface area contributed by atoms with Crippen molar-refractivity contribution in [3.05, 3.63) is 60.2 Å². The van der Waals surface area contributed by atoms with Gasteiger partial charge in [0.25, 0.3) is 0 Å². The lowest BCUT2D eigenvalue weighted by Gasteiger charge is -2.17. The summed E-state index contributed by atoms with van der Waals surface area (Å²) in [5, 5.41) is 0. The molecule has 2 fully saturated rings. The zero-order chi connectivity index (χ0) is 16.5. The van der Waals surface area contributed by atoms with E-state index in [-0.39, 0.29) is 29.7 Å². The van der Waals surface area contributed by atoms with Crippen molar-refractivity contribution in [1.82, 2.24) is 9.88 Å². The molecule has 1 aromatic heterocycles. The van der Waals surface area contributed by atoms with E-state index < -0.39 is 0 Å². The fourth-order valence-electron chi connectivity index (χ4n) is 3.44. The lowest BCUT2D eigenvalue weighted by Crippen LogP contribution is -2.32. The first-order valence-electron chi connectivity index (χ1n) is 8.31. The van der Waals surface area contributed by atoms with Gasteiger partial charge in [-0.2, -0.15) is 0 Å². The van der Waals surface area contributed by atoms with Crippen molar-refractivity contribution in [2.45, 2.75) is 24.9 Å². The molecule has 124 valence electrons. The molecule has 2 heterocycles. The highest BCUT2D eigenvalue weighted by molar-refractivity contribution is 5.83. The Labute approximate surface area is 140 Å². The van der Waals surface area contributed by atoms with Gasteiger partial charge in [0, 0.05) is 31.3 Å². The van der Waals surface area contributed by atoms with Gasteiger partial charge in [-0.05, 0) is 42.2 Å². The minimum Gasteiger partial charge on any atom is -0.488 e. The molecule has 0 unspecified atom stereocenters. The van der Waals surface area contributed by atoms with Gasteiger partial charge >= 0.3 is 0 Å². The van der Waals surface area contributed by atoms with Gasteiger partial charge in [-0.25, -0.2) is 4.39 Å². The topological polar surface area (TPSA) is 42.4 Å². The summed E-state index contributed by atoms with van der Waals surface area (Å²) in [6, 6.07) is 10.2. The van der Waals surface area contributed by atoms with Crippen LogP contribution in [0.4, 0.5) is 4.39 Å². The number of ether oxygens (including phenoxy) is 1. The standard InChI is InChI=1S/C19H19FN2O2/c20-14-3-1-2-13(10-14)17-11-18(17)19(23)22-9-6-16(12-22)24-15-4-7-21-8-5-15/h1-5,7-8,10,16-18H,6,9,11-12H2/t16-,17-,18-/m1/s1. The number of likely N-dealkylation sites (tertiary alicyclic amines) is 1. The third-order valence-corrected chi connectivity index (χ3v) is 4.79. The Kier molecular flexibility index (Phi) is 3.92. The fraction of sp³-hybridized carbons (Fsp3) is 0.368. The van der Waals surface area contributed by atoms with E-state index in [1.807, 2.05) is 23.1 Å². The molecule has 1 saturated heterocycles. The van der Waals surface area contributed by atoms with Crippen molar-refractivity contribution in [2.24, 2.45) is 5.92 Å². The number of hydrogen-bond acceptors (Lipinski definition) is 3. The average molecular weight is 326 g/mol. The number of aromatic nitrogens is 1. The van der Waals surface area contributed by atoms with Crippen LogP contribution in [0, 0.1) is 11.7 Å². The highest BCUT2D eigenvalue weighted by atomic mass is 19.1. The maximum absolute atomic E-state index is 13.3. The van der Waals surface area contributed by atoms with E-state index >= 15 is 0 Å². The summed E-state index contributed by atoms with van der Waals surface area (Å²) in [6.45, 7) is 1.34. The highest BCUT2D eigenvalue weighted by Crippen LogP contribution is 2.48.